The number of nitro groups is 1. The summed E-state index contributed by atoms with van der Waals surface area (Å²) in [7, 11) is 1.21. The molecule has 11 nitrogen and oxygen atoms in total. The summed E-state index contributed by atoms with van der Waals surface area (Å²) < 4.78 is 10.4. The van der Waals surface area contributed by atoms with Gasteiger partial charge in [-0.3, -0.25) is 15.1 Å². The number of hydrogen-bond acceptors (Lipinski definition) is 9. The summed E-state index contributed by atoms with van der Waals surface area (Å²) in [5, 5.41) is 18.6. The maximum Gasteiger partial charge on any atom is 0.336 e. The molecule has 1 aliphatic rings. The van der Waals surface area contributed by atoms with Gasteiger partial charge in [0.05, 0.1) is 47.5 Å². The molecule has 0 saturated carbocycles. The molecule has 0 spiro atoms. The standard InChI is InChI=1S/C25H26N4O7/c1-16-21(24(30)35-3)23(19-10-7-11-20(14-19)29(33)34)22(17(2)26-16)25(31)36-13-12-28(27-32)15-18-8-5-4-6-9-18/h4-11,14,23,26H,12-13,15H2,1-3H3. The molecule has 0 aliphatic carbocycles. The first-order valence-electron chi connectivity index (χ1n) is 11.1. The third-order valence-electron chi connectivity index (χ3n) is 5.71. The molecule has 1 aliphatic heterocycles. The minimum absolute atomic E-state index is 0.0457. The number of ether oxygens (including phenoxy) is 2. The first kappa shape index (κ1) is 26.1. The summed E-state index contributed by atoms with van der Waals surface area (Å²) in [6.07, 6.45) is 0. The number of hydrogen-bond donors (Lipinski definition) is 1. The van der Waals surface area contributed by atoms with Gasteiger partial charge in [-0.05, 0) is 25.0 Å². The topological polar surface area (TPSA) is 140 Å². The average Bonchev–Trinajstić information content (AvgIpc) is 2.87. The number of carbonyl (C=O) groups is 2. The van der Waals surface area contributed by atoms with E-state index in [0.717, 1.165) is 5.56 Å². The minimum atomic E-state index is -0.962. The molecule has 1 N–H and O–H groups in total. The average molecular weight is 495 g/mol. The molecule has 0 bridgehead atoms. The van der Waals surface area contributed by atoms with Crippen LogP contribution in [0.1, 0.15) is 30.9 Å². The van der Waals surface area contributed by atoms with Gasteiger partial charge in [0.2, 0.25) is 0 Å². The first-order chi connectivity index (χ1) is 17.3. The zero-order valence-electron chi connectivity index (χ0n) is 20.1. The van der Waals surface area contributed by atoms with E-state index in [1.807, 2.05) is 30.3 Å². The Balaban J connectivity index is 1.86. The van der Waals surface area contributed by atoms with E-state index in [0.29, 0.717) is 17.0 Å². The summed E-state index contributed by atoms with van der Waals surface area (Å²) in [5.74, 6) is -2.39. The van der Waals surface area contributed by atoms with Crippen LogP contribution < -0.4 is 5.32 Å². The lowest BCUT2D eigenvalue weighted by Gasteiger charge is -2.30. The van der Waals surface area contributed by atoms with Gasteiger partial charge in [0.15, 0.2) is 0 Å². The number of nitro benzene ring substituents is 1. The predicted octanol–water partition coefficient (Wildman–Crippen LogP) is 3.73. The Bertz CT molecular complexity index is 1220. The lowest BCUT2D eigenvalue weighted by atomic mass is 9.80. The molecule has 0 radical (unpaired) electrons. The molecule has 1 heterocycles. The summed E-state index contributed by atoms with van der Waals surface area (Å²) in [5.41, 5.74) is 2.16. The van der Waals surface area contributed by atoms with E-state index in [4.69, 9.17) is 9.47 Å². The molecular formula is C25H26N4O7. The van der Waals surface area contributed by atoms with Gasteiger partial charge in [-0.2, -0.15) is 0 Å². The molecule has 3 rings (SSSR count). The van der Waals surface area contributed by atoms with Crippen LogP contribution in [0, 0.1) is 15.0 Å². The first-order valence-corrected chi connectivity index (χ1v) is 11.1. The molecule has 2 aromatic rings. The number of carbonyl (C=O) groups excluding carboxylic acids is 2. The fraction of sp³-hybridized carbons (Fsp3) is 0.280. The van der Waals surface area contributed by atoms with Crippen molar-refractivity contribution in [1.82, 2.24) is 10.3 Å². The summed E-state index contributed by atoms with van der Waals surface area (Å²) in [6.45, 7) is 3.44. The lowest BCUT2D eigenvalue weighted by molar-refractivity contribution is -0.384. The van der Waals surface area contributed by atoms with E-state index in [1.165, 1.54) is 30.3 Å². The molecule has 1 unspecified atom stereocenters. The highest BCUT2D eigenvalue weighted by Gasteiger charge is 2.38. The van der Waals surface area contributed by atoms with Crippen molar-refractivity contribution in [2.75, 3.05) is 20.3 Å². The molecule has 0 aromatic heterocycles. The highest BCUT2D eigenvalue weighted by atomic mass is 16.6. The Morgan fingerprint density at radius 3 is 2.33 bits per heavy atom. The Morgan fingerprint density at radius 2 is 1.72 bits per heavy atom. The van der Waals surface area contributed by atoms with E-state index >= 15 is 0 Å². The zero-order valence-corrected chi connectivity index (χ0v) is 20.1. The smallest absolute Gasteiger partial charge is 0.336 e. The second-order valence-electron chi connectivity index (χ2n) is 8.07. The fourth-order valence-electron chi connectivity index (χ4n) is 4.06. The van der Waals surface area contributed by atoms with E-state index in [9.17, 15) is 24.6 Å². The van der Waals surface area contributed by atoms with E-state index < -0.39 is 22.8 Å². The largest absolute Gasteiger partial charge is 0.466 e. The molecule has 0 saturated heterocycles. The van der Waals surface area contributed by atoms with Crippen LogP contribution in [0.25, 0.3) is 0 Å². The van der Waals surface area contributed by atoms with E-state index in [-0.39, 0.29) is 36.5 Å². The molecule has 0 amide bonds. The number of allylic oxidation sites excluding steroid dienone is 2. The Morgan fingerprint density at radius 1 is 1.06 bits per heavy atom. The molecule has 11 heteroatoms. The van der Waals surface area contributed by atoms with Crippen LogP contribution >= 0.6 is 0 Å². The quantitative estimate of drug-likeness (QED) is 0.226. The second kappa shape index (κ2) is 11.7. The summed E-state index contributed by atoms with van der Waals surface area (Å²) in [6, 6.07) is 14.9. The van der Waals surface area contributed by atoms with Crippen LogP contribution in [-0.4, -0.2) is 42.1 Å². The maximum absolute atomic E-state index is 13.2. The monoisotopic (exact) mass is 494 g/mol. The molecule has 1 atom stereocenters. The maximum atomic E-state index is 13.2. The molecule has 188 valence electrons. The van der Waals surface area contributed by atoms with Crippen molar-refractivity contribution < 1.29 is 24.0 Å². The summed E-state index contributed by atoms with van der Waals surface area (Å²) >= 11 is 0. The van der Waals surface area contributed by atoms with Crippen LogP contribution in [0.3, 0.4) is 0 Å². The number of nitroso groups, excluding NO2 is 1. The number of nitrogens with one attached hydrogen (secondary N) is 1. The third kappa shape index (κ3) is 5.93. The zero-order chi connectivity index (χ0) is 26.2. The predicted molar refractivity (Wildman–Crippen MR) is 130 cm³/mol. The third-order valence-corrected chi connectivity index (χ3v) is 5.71. The van der Waals surface area contributed by atoms with Gasteiger partial charge in [0, 0.05) is 23.5 Å². The number of rotatable bonds is 10. The van der Waals surface area contributed by atoms with Crippen molar-refractivity contribution in [2.24, 2.45) is 5.29 Å². The Labute approximate surface area is 207 Å². The number of nitrogens with zero attached hydrogens (tertiary/aromatic N) is 3. The van der Waals surface area contributed by atoms with Crippen LogP contribution in [0.15, 0.2) is 82.4 Å². The highest BCUT2D eigenvalue weighted by molar-refractivity contribution is 5.99. The fourth-order valence-corrected chi connectivity index (χ4v) is 4.06. The van der Waals surface area contributed by atoms with E-state index in [1.54, 1.807) is 19.9 Å². The van der Waals surface area contributed by atoms with Crippen molar-refractivity contribution in [2.45, 2.75) is 26.3 Å². The molecule has 0 fully saturated rings. The molecular weight excluding hydrogens is 468 g/mol. The van der Waals surface area contributed by atoms with Crippen LogP contribution in [0.2, 0.25) is 0 Å². The highest BCUT2D eigenvalue weighted by Crippen LogP contribution is 2.40. The van der Waals surface area contributed by atoms with Crippen molar-refractivity contribution in [3.8, 4) is 0 Å². The van der Waals surface area contributed by atoms with E-state index in [2.05, 4.69) is 10.6 Å². The van der Waals surface area contributed by atoms with Crippen LogP contribution in [0.4, 0.5) is 5.69 Å². The minimum Gasteiger partial charge on any atom is -0.466 e. The van der Waals surface area contributed by atoms with Crippen molar-refractivity contribution in [3.05, 3.63) is 103 Å². The SMILES string of the molecule is COC(=O)C1=C(C)NC(C)=C(C(=O)OCCN(Cc2ccccc2)N=O)C1c1cccc([N+](=O)[O-])c1. The van der Waals surface area contributed by atoms with Crippen LogP contribution in [-0.2, 0) is 25.6 Å². The van der Waals surface area contributed by atoms with Crippen molar-refractivity contribution >= 4 is 17.6 Å². The Kier molecular flexibility index (Phi) is 8.50. The molecule has 2 aromatic carbocycles. The Hall–Kier alpha value is -4.54. The normalized spacial score (nSPS) is 15.1. The number of dihydropyridines is 1. The number of esters is 2. The van der Waals surface area contributed by atoms with Crippen molar-refractivity contribution in [1.29, 1.82) is 0 Å². The van der Waals surface area contributed by atoms with Crippen molar-refractivity contribution in [3.63, 3.8) is 0 Å². The van der Waals surface area contributed by atoms with Gasteiger partial charge >= 0.3 is 11.9 Å². The second-order valence-corrected chi connectivity index (χ2v) is 8.07. The van der Waals surface area contributed by atoms with Gasteiger partial charge in [-0.1, -0.05) is 42.5 Å². The van der Waals surface area contributed by atoms with Crippen LogP contribution in [0.5, 0.6) is 0 Å². The van der Waals surface area contributed by atoms with Gasteiger partial charge < -0.3 is 14.8 Å². The number of benzene rings is 2. The lowest BCUT2D eigenvalue weighted by Crippen LogP contribution is -2.33. The van der Waals surface area contributed by atoms with Gasteiger partial charge in [-0.25, -0.2) is 9.59 Å². The van der Waals surface area contributed by atoms with Gasteiger partial charge in [0.25, 0.3) is 5.69 Å². The van der Waals surface area contributed by atoms with Gasteiger partial charge in [-0.15, -0.1) is 4.91 Å². The number of non-ortho nitro benzene ring substituents is 1. The number of methoxy groups -OCH3 is 1. The summed E-state index contributed by atoms with van der Waals surface area (Å²) in [4.78, 5) is 48.0. The molecule has 36 heavy (non-hydrogen) atoms. The van der Waals surface area contributed by atoms with Gasteiger partial charge in [0.1, 0.15) is 6.61 Å².